The summed E-state index contributed by atoms with van der Waals surface area (Å²) in [7, 11) is 4.07. The molecule has 3 heterocycles. The number of hydrogen-bond donors (Lipinski definition) is 0. The first-order valence-corrected chi connectivity index (χ1v) is 9.70. The maximum atomic E-state index is 5.99. The molecule has 0 aromatic carbocycles. The van der Waals surface area contributed by atoms with Crippen LogP contribution in [0.25, 0.3) is 11.3 Å². The van der Waals surface area contributed by atoms with Crippen LogP contribution in [0.3, 0.4) is 0 Å². The number of hydrogen-bond acceptors (Lipinski definition) is 6. The molecule has 0 amide bonds. The first-order chi connectivity index (χ1) is 13.7. The molecule has 0 saturated carbocycles. The SMILES string of the molecule is CN(C)Cc1cncc(-c2cc(OCc3ccccn3)nc3c2CCCC3)n1. The Bertz CT molecular complexity index is 943. The molecule has 0 radical (unpaired) electrons. The standard InChI is InChI=1S/C22H25N5O/c1-27(2)14-17-12-23-13-21(25-17)19-11-22(26-20-9-4-3-8-18(19)20)28-15-16-7-5-6-10-24-16/h5-7,10-13H,3-4,8-9,14-15H2,1-2H3. The van der Waals surface area contributed by atoms with Crippen LogP contribution >= 0.6 is 0 Å². The van der Waals surface area contributed by atoms with Crippen LogP contribution in [0.2, 0.25) is 0 Å². The second kappa shape index (κ2) is 8.44. The Kier molecular flexibility index (Phi) is 5.58. The Morgan fingerprint density at radius 3 is 2.75 bits per heavy atom. The lowest BCUT2D eigenvalue weighted by Crippen LogP contribution is -2.13. The van der Waals surface area contributed by atoms with Crippen molar-refractivity contribution >= 4 is 0 Å². The number of aromatic nitrogens is 4. The van der Waals surface area contributed by atoms with E-state index < -0.39 is 0 Å². The van der Waals surface area contributed by atoms with E-state index in [1.807, 2.05) is 50.8 Å². The number of fused-ring (bicyclic) bond motifs is 1. The number of nitrogens with zero attached hydrogens (tertiary/aromatic N) is 5. The fraction of sp³-hybridized carbons (Fsp3) is 0.364. The van der Waals surface area contributed by atoms with Gasteiger partial charge in [0.1, 0.15) is 6.61 Å². The maximum Gasteiger partial charge on any atom is 0.214 e. The molecule has 144 valence electrons. The van der Waals surface area contributed by atoms with Crippen LogP contribution in [0.5, 0.6) is 5.88 Å². The molecular weight excluding hydrogens is 350 g/mol. The van der Waals surface area contributed by atoms with Crippen molar-refractivity contribution in [2.45, 2.75) is 38.8 Å². The molecule has 0 bridgehead atoms. The molecule has 6 heteroatoms. The summed E-state index contributed by atoms with van der Waals surface area (Å²) in [5.74, 6) is 0.626. The van der Waals surface area contributed by atoms with Crippen molar-refractivity contribution in [2.24, 2.45) is 0 Å². The minimum absolute atomic E-state index is 0.401. The van der Waals surface area contributed by atoms with Crippen molar-refractivity contribution in [3.63, 3.8) is 0 Å². The van der Waals surface area contributed by atoms with E-state index in [1.165, 1.54) is 12.0 Å². The zero-order valence-electron chi connectivity index (χ0n) is 16.4. The predicted octanol–water partition coefficient (Wildman–Crippen LogP) is 3.45. The molecule has 3 aromatic rings. The van der Waals surface area contributed by atoms with Crippen LogP contribution in [0, 0.1) is 0 Å². The third-order valence-corrected chi connectivity index (χ3v) is 4.81. The Labute approximate surface area is 165 Å². The first kappa shape index (κ1) is 18.5. The van der Waals surface area contributed by atoms with Gasteiger partial charge in [-0.05, 0) is 57.5 Å². The Balaban J connectivity index is 1.67. The molecule has 6 nitrogen and oxygen atoms in total. The molecule has 0 unspecified atom stereocenters. The molecule has 0 fully saturated rings. The molecule has 0 N–H and O–H groups in total. The first-order valence-electron chi connectivity index (χ1n) is 9.70. The smallest absolute Gasteiger partial charge is 0.214 e. The summed E-state index contributed by atoms with van der Waals surface area (Å²) in [6.07, 6.45) is 9.79. The van der Waals surface area contributed by atoms with Gasteiger partial charge in [0.2, 0.25) is 5.88 Å². The van der Waals surface area contributed by atoms with Gasteiger partial charge in [-0.15, -0.1) is 0 Å². The molecule has 0 spiro atoms. The van der Waals surface area contributed by atoms with Crippen molar-refractivity contribution in [1.29, 1.82) is 0 Å². The second-order valence-corrected chi connectivity index (χ2v) is 7.38. The number of ether oxygens (including phenoxy) is 1. The van der Waals surface area contributed by atoms with Crippen molar-refractivity contribution < 1.29 is 4.74 Å². The summed E-state index contributed by atoms with van der Waals surface area (Å²) in [6, 6.07) is 7.83. The summed E-state index contributed by atoms with van der Waals surface area (Å²) in [5, 5.41) is 0. The highest BCUT2D eigenvalue weighted by Gasteiger charge is 2.19. The quantitative estimate of drug-likeness (QED) is 0.657. The van der Waals surface area contributed by atoms with E-state index in [0.29, 0.717) is 12.5 Å². The van der Waals surface area contributed by atoms with Gasteiger partial charge in [0.05, 0.1) is 23.3 Å². The average Bonchev–Trinajstić information content (AvgIpc) is 2.72. The molecule has 0 atom stereocenters. The van der Waals surface area contributed by atoms with Gasteiger partial charge in [0.25, 0.3) is 0 Å². The molecule has 1 aliphatic rings. The van der Waals surface area contributed by atoms with E-state index >= 15 is 0 Å². The fourth-order valence-electron chi connectivity index (χ4n) is 3.55. The zero-order chi connectivity index (χ0) is 19.3. The third kappa shape index (κ3) is 4.34. The van der Waals surface area contributed by atoms with Crippen molar-refractivity contribution in [3.8, 4) is 17.1 Å². The number of aryl methyl sites for hydroxylation is 1. The third-order valence-electron chi connectivity index (χ3n) is 4.81. The molecule has 0 saturated heterocycles. The van der Waals surface area contributed by atoms with Crippen LogP contribution in [-0.4, -0.2) is 38.9 Å². The Morgan fingerprint density at radius 2 is 1.93 bits per heavy atom. The summed E-state index contributed by atoms with van der Waals surface area (Å²) in [6.45, 7) is 1.16. The lowest BCUT2D eigenvalue weighted by Gasteiger charge is -2.20. The van der Waals surface area contributed by atoms with Crippen LogP contribution in [0.1, 0.15) is 35.5 Å². The van der Waals surface area contributed by atoms with E-state index in [4.69, 9.17) is 14.7 Å². The van der Waals surface area contributed by atoms with Gasteiger partial charge in [0, 0.05) is 36.3 Å². The molecular formula is C22H25N5O. The average molecular weight is 375 g/mol. The Hall–Kier alpha value is -2.86. The van der Waals surface area contributed by atoms with Gasteiger partial charge in [0.15, 0.2) is 0 Å². The summed E-state index contributed by atoms with van der Waals surface area (Å²) in [5.41, 5.74) is 6.24. The van der Waals surface area contributed by atoms with Crippen LogP contribution in [0.15, 0.2) is 42.9 Å². The molecule has 3 aromatic heterocycles. The predicted molar refractivity (Wildman–Crippen MR) is 108 cm³/mol. The highest BCUT2D eigenvalue weighted by Crippen LogP contribution is 2.32. The van der Waals surface area contributed by atoms with Crippen LogP contribution in [-0.2, 0) is 26.0 Å². The highest BCUT2D eigenvalue weighted by atomic mass is 16.5. The van der Waals surface area contributed by atoms with Gasteiger partial charge in [-0.2, -0.15) is 0 Å². The van der Waals surface area contributed by atoms with E-state index in [2.05, 4.69) is 14.9 Å². The summed E-state index contributed by atoms with van der Waals surface area (Å²) >= 11 is 0. The van der Waals surface area contributed by atoms with Gasteiger partial charge >= 0.3 is 0 Å². The minimum atomic E-state index is 0.401. The van der Waals surface area contributed by atoms with E-state index in [0.717, 1.165) is 54.1 Å². The topological polar surface area (TPSA) is 64.0 Å². The summed E-state index contributed by atoms with van der Waals surface area (Å²) in [4.78, 5) is 20.5. The number of rotatable bonds is 6. The minimum Gasteiger partial charge on any atom is -0.471 e. The van der Waals surface area contributed by atoms with Crippen molar-refractivity contribution in [3.05, 3.63) is 65.5 Å². The number of pyridine rings is 2. The van der Waals surface area contributed by atoms with Gasteiger partial charge in [-0.3, -0.25) is 9.97 Å². The van der Waals surface area contributed by atoms with E-state index in [9.17, 15) is 0 Å². The van der Waals surface area contributed by atoms with Gasteiger partial charge in [-0.1, -0.05) is 6.07 Å². The normalized spacial score (nSPS) is 13.4. The molecule has 0 aliphatic heterocycles. The summed E-state index contributed by atoms with van der Waals surface area (Å²) < 4.78 is 5.99. The molecule has 4 rings (SSSR count). The van der Waals surface area contributed by atoms with Crippen LogP contribution in [0.4, 0.5) is 0 Å². The maximum absolute atomic E-state index is 5.99. The zero-order valence-corrected chi connectivity index (χ0v) is 16.4. The lowest BCUT2D eigenvalue weighted by molar-refractivity contribution is 0.288. The van der Waals surface area contributed by atoms with Crippen molar-refractivity contribution in [1.82, 2.24) is 24.8 Å². The molecule has 1 aliphatic carbocycles. The molecule has 28 heavy (non-hydrogen) atoms. The largest absolute Gasteiger partial charge is 0.471 e. The monoisotopic (exact) mass is 375 g/mol. The van der Waals surface area contributed by atoms with Crippen molar-refractivity contribution in [2.75, 3.05) is 14.1 Å². The Morgan fingerprint density at radius 1 is 1.04 bits per heavy atom. The van der Waals surface area contributed by atoms with Crippen LogP contribution < -0.4 is 4.74 Å². The highest BCUT2D eigenvalue weighted by molar-refractivity contribution is 5.66. The van der Waals surface area contributed by atoms with Gasteiger partial charge in [-0.25, -0.2) is 9.97 Å². The lowest BCUT2D eigenvalue weighted by atomic mass is 9.91. The second-order valence-electron chi connectivity index (χ2n) is 7.38. The van der Waals surface area contributed by atoms with Gasteiger partial charge < -0.3 is 9.64 Å². The van der Waals surface area contributed by atoms with E-state index in [1.54, 1.807) is 6.20 Å². The van der Waals surface area contributed by atoms with E-state index in [-0.39, 0.29) is 0 Å². The fourth-order valence-corrected chi connectivity index (χ4v) is 3.55.